The van der Waals surface area contributed by atoms with Crippen molar-refractivity contribution in [2.45, 2.75) is 6.92 Å². The lowest BCUT2D eigenvalue weighted by Gasteiger charge is -2.08. The first kappa shape index (κ1) is 14.7. The van der Waals surface area contributed by atoms with Gasteiger partial charge in [0.2, 0.25) is 0 Å². The molecular weight excluding hydrogens is 298 g/mol. The van der Waals surface area contributed by atoms with E-state index < -0.39 is 10.8 Å². The monoisotopic (exact) mass is 307 g/mol. The summed E-state index contributed by atoms with van der Waals surface area (Å²) in [5.41, 5.74) is 0.497. The van der Waals surface area contributed by atoms with Crippen LogP contribution in [-0.2, 0) is 0 Å². The van der Waals surface area contributed by atoms with Crippen molar-refractivity contribution in [3.05, 3.63) is 56.9 Å². The van der Waals surface area contributed by atoms with Gasteiger partial charge in [0.1, 0.15) is 17.1 Å². The van der Waals surface area contributed by atoms with E-state index in [1.807, 2.05) is 0 Å². The van der Waals surface area contributed by atoms with Crippen LogP contribution in [0.2, 0.25) is 5.15 Å². The fourth-order valence-electron chi connectivity index (χ4n) is 1.63. The number of carbonyl (C=O) groups is 1. The molecule has 0 radical (unpaired) electrons. The molecule has 21 heavy (non-hydrogen) atoms. The quantitative estimate of drug-likeness (QED) is 0.392. The lowest BCUT2D eigenvalue weighted by Crippen LogP contribution is -2.13. The van der Waals surface area contributed by atoms with Gasteiger partial charge in [-0.25, -0.2) is 4.98 Å². The van der Waals surface area contributed by atoms with Crippen LogP contribution >= 0.6 is 11.6 Å². The highest BCUT2D eigenvalue weighted by atomic mass is 35.5. The second kappa shape index (κ2) is 5.76. The van der Waals surface area contributed by atoms with Crippen LogP contribution in [0, 0.1) is 17.0 Å². The van der Waals surface area contributed by atoms with Crippen molar-refractivity contribution in [1.29, 1.82) is 0 Å². The Balaban J connectivity index is 2.32. The average molecular weight is 308 g/mol. The van der Waals surface area contributed by atoms with Crippen LogP contribution < -0.4 is 5.32 Å². The number of rotatable bonds is 3. The van der Waals surface area contributed by atoms with Crippen molar-refractivity contribution in [3.63, 3.8) is 0 Å². The zero-order chi connectivity index (χ0) is 15.6. The molecule has 0 saturated heterocycles. The second-order valence-corrected chi connectivity index (χ2v) is 4.62. The maximum atomic E-state index is 12.1. The highest BCUT2D eigenvalue weighted by molar-refractivity contribution is 6.33. The van der Waals surface area contributed by atoms with Crippen molar-refractivity contribution in [3.8, 4) is 5.75 Å². The third-order valence-corrected chi connectivity index (χ3v) is 2.98. The summed E-state index contributed by atoms with van der Waals surface area (Å²) in [7, 11) is 0. The highest BCUT2D eigenvalue weighted by Gasteiger charge is 2.18. The Morgan fingerprint density at radius 3 is 2.76 bits per heavy atom. The molecule has 1 aromatic carbocycles. The summed E-state index contributed by atoms with van der Waals surface area (Å²) < 4.78 is 0. The number of nitro groups is 1. The summed E-state index contributed by atoms with van der Waals surface area (Å²) in [5, 5.41) is 22.7. The minimum atomic E-state index is -0.699. The molecule has 108 valence electrons. The normalized spacial score (nSPS) is 10.2. The Morgan fingerprint density at radius 1 is 1.43 bits per heavy atom. The Bertz CT molecular complexity index is 733. The van der Waals surface area contributed by atoms with Gasteiger partial charge in [0, 0.05) is 6.07 Å². The number of phenolic OH excluding ortho intramolecular Hbond substituents is 1. The van der Waals surface area contributed by atoms with Crippen LogP contribution in [0.5, 0.6) is 5.75 Å². The summed E-state index contributed by atoms with van der Waals surface area (Å²) in [4.78, 5) is 25.7. The molecule has 1 heterocycles. The van der Waals surface area contributed by atoms with Crippen molar-refractivity contribution in [2.75, 3.05) is 5.32 Å². The molecule has 0 aliphatic heterocycles. The first-order valence-electron chi connectivity index (χ1n) is 5.79. The van der Waals surface area contributed by atoms with Gasteiger partial charge in [-0.05, 0) is 24.6 Å². The van der Waals surface area contributed by atoms with E-state index in [1.54, 1.807) is 13.0 Å². The van der Waals surface area contributed by atoms with Crippen molar-refractivity contribution >= 4 is 28.9 Å². The predicted molar refractivity (Wildman–Crippen MR) is 76.7 cm³/mol. The summed E-state index contributed by atoms with van der Waals surface area (Å²) in [6.07, 6.45) is 0.961. The number of hydrogen-bond donors (Lipinski definition) is 2. The van der Waals surface area contributed by atoms with E-state index in [2.05, 4.69) is 10.3 Å². The third-order valence-electron chi connectivity index (χ3n) is 2.68. The molecule has 2 rings (SSSR count). The molecule has 0 saturated carbocycles. The van der Waals surface area contributed by atoms with E-state index in [1.165, 1.54) is 12.1 Å². The first-order valence-corrected chi connectivity index (χ1v) is 6.17. The van der Waals surface area contributed by atoms with Gasteiger partial charge in [0.25, 0.3) is 11.6 Å². The predicted octanol–water partition coefficient (Wildman–Crippen LogP) is 2.91. The number of carbonyl (C=O) groups excluding carboxylic acids is 1. The molecule has 0 atom stereocenters. The standard InChI is InChI=1S/C13H10ClN3O4/c1-7-2-3-10(11(18)4-7)16-13(19)9-5-8(17(20)21)6-15-12(9)14/h2-6,18H,1H3,(H,16,19). The van der Waals surface area contributed by atoms with Gasteiger partial charge in [-0.2, -0.15) is 0 Å². The molecule has 0 bridgehead atoms. The molecule has 1 aromatic heterocycles. The molecule has 0 fully saturated rings. The van der Waals surface area contributed by atoms with Crippen LogP contribution in [-0.4, -0.2) is 20.9 Å². The molecule has 1 amide bonds. The van der Waals surface area contributed by atoms with Crippen LogP contribution in [0.25, 0.3) is 0 Å². The summed E-state index contributed by atoms with van der Waals surface area (Å²) >= 11 is 5.77. The number of anilines is 1. The summed E-state index contributed by atoms with van der Waals surface area (Å²) in [6.45, 7) is 1.78. The molecule has 2 aromatic rings. The van der Waals surface area contributed by atoms with Gasteiger partial charge in [-0.15, -0.1) is 0 Å². The molecular formula is C13H10ClN3O4. The Morgan fingerprint density at radius 2 is 2.14 bits per heavy atom. The Hall–Kier alpha value is -2.67. The molecule has 8 heteroatoms. The number of nitrogens with zero attached hydrogens (tertiary/aromatic N) is 2. The first-order chi connectivity index (χ1) is 9.88. The van der Waals surface area contributed by atoms with Crippen LogP contribution in [0.3, 0.4) is 0 Å². The number of aromatic nitrogens is 1. The van der Waals surface area contributed by atoms with Gasteiger partial charge < -0.3 is 10.4 Å². The summed E-state index contributed by atoms with van der Waals surface area (Å²) in [6, 6.07) is 5.71. The lowest BCUT2D eigenvalue weighted by atomic mass is 10.2. The largest absolute Gasteiger partial charge is 0.506 e. The number of halogens is 1. The highest BCUT2D eigenvalue weighted by Crippen LogP contribution is 2.26. The van der Waals surface area contributed by atoms with E-state index in [9.17, 15) is 20.0 Å². The molecule has 0 unspecified atom stereocenters. The minimum absolute atomic E-state index is 0.113. The number of nitrogens with one attached hydrogen (secondary N) is 1. The smallest absolute Gasteiger partial charge is 0.288 e. The number of aromatic hydroxyl groups is 1. The van der Waals surface area contributed by atoms with Crippen LogP contribution in [0.4, 0.5) is 11.4 Å². The number of aryl methyl sites for hydroxylation is 1. The molecule has 0 aliphatic carbocycles. The number of amides is 1. The van der Waals surface area contributed by atoms with E-state index in [-0.39, 0.29) is 27.8 Å². The minimum Gasteiger partial charge on any atom is -0.506 e. The van der Waals surface area contributed by atoms with Crippen molar-refractivity contribution in [2.24, 2.45) is 0 Å². The summed E-state index contributed by atoms with van der Waals surface area (Å²) in [5.74, 6) is -0.812. The van der Waals surface area contributed by atoms with Gasteiger partial charge in [-0.1, -0.05) is 17.7 Å². The maximum Gasteiger partial charge on any atom is 0.288 e. The van der Waals surface area contributed by atoms with Crippen molar-refractivity contribution in [1.82, 2.24) is 4.98 Å². The maximum absolute atomic E-state index is 12.1. The average Bonchev–Trinajstić information content (AvgIpc) is 2.42. The molecule has 2 N–H and O–H groups in total. The SMILES string of the molecule is Cc1ccc(NC(=O)c2cc([N+](=O)[O-])cnc2Cl)c(O)c1. The second-order valence-electron chi connectivity index (χ2n) is 4.26. The lowest BCUT2D eigenvalue weighted by molar-refractivity contribution is -0.385. The Kier molecular flexibility index (Phi) is 4.04. The van der Waals surface area contributed by atoms with E-state index in [0.717, 1.165) is 17.8 Å². The third kappa shape index (κ3) is 3.26. The van der Waals surface area contributed by atoms with Gasteiger partial charge in [0.15, 0.2) is 0 Å². The van der Waals surface area contributed by atoms with Crippen molar-refractivity contribution < 1.29 is 14.8 Å². The van der Waals surface area contributed by atoms with Crippen LogP contribution in [0.1, 0.15) is 15.9 Å². The number of phenols is 1. The van der Waals surface area contributed by atoms with Crippen LogP contribution in [0.15, 0.2) is 30.5 Å². The fourth-order valence-corrected chi connectivity index (χ4v) is 1.82. The van der Waals surface area contributed by atoms with Gasteiger partial charge >= 0.3 is 0 Å². The van der Waals surface area contributed by atoms with E-state index >= 15 is 0 Å². The molecule has 0 aliphatic rings. The Labute approximate surface area is 124 Å². The number of hydrogen-bond acceptors (Lipinski definition) is 5. The molecule has 7 nitrogen and oxygen atoms in total. The van der Waals surface area contributed by atoms with Gasteiger partial charge in [-0.3, -0.25) is 14.9 Å². The zero-order valence-electron chi connectivity index (χ0n) is 10.8. The zero-order valence-corrected chi connectivity index (χ0v) is 11.6. The van der Waals surface area contributed by atoms with E-state index in [4.69, 9.17) is 11.6 Å². The topological polar surface area (TPSA) is 105 Å². The molecule has 0 spiro atoms. The fraction of sp³-hybridized carbons (Fsp3) is 0.0769. The van der Waals surface area contributed by atoms with E-state index in [0.29, 0.717) is 0 Å². The van der Waals surface area contributed by atoms with Gasteiger partial charge in [0.05, 0.1) is 16.2 Å². The number of pyridine rings is 1. The number of benzene rings is 1.